The van der Waals surface area contributed by atoms with Crippen molar-refractivity contribution >= 4 is 18.3 Å². The maximum absolute atomic E-state index is 12.1. The number of likely N-dealkylation sites (N-methyl/N-ethyl adjacent to an activating group) is 1. The number of quaternary nitrogens is 1. The van der Waals surface area contributed by atoms with E-state index < -0.39 is 23.5 Å². The van der Waals surface area contributed by atoms with Crippen LogP contribution in [0.1, 0.15) is 130 Å². The van der Waals surface area contributed by atoms with Gasteiger partial charge in [-0.25, -0.2) is 0 Å². The first-order valence-corrected chi connectivity index (χ1v) is 16.2. The molecule has 0 radical (unpaired) electrons. The molecule has 7 nitrogen and oxygen atoms in total. The maximum Gasteiger partial charge on any atom is 0.249 e. The predicted octanol–water partition coefficient (Wildman–Crippen LogP) is 6.01. The molecule has 4 N–H and O–H groups in total. The van der Waals surface area contributed by atoms with Crippen molar-refractivity contribution in [1.29, 1.82) is 0 Å². The van der Waals surface area contributed by atoms with Crippen molar-refractivity contribution in [2.24, 2.45) is 5.41 Å². The van der Waals surface area contributed by atoms with Gasteiger partial charge in [0, 0.05) is 18.6 Å². The highest BCUT2D eigenvalue weighted by atomic mass is 35.5. The Bertz CT molecular complexity index is 578. The van der Waals surface area contributed by atoms with Crippen LogP contribution in [0, 0.1) is 5.41 Å². The average molecular weight is 596 g/mol. The van der Waals surface area contributed by atoms with E-state index in [4.69, 9.17) is 9.84 Å². The molecule has 242 valence electrons. The SMILES string of the molecule is CCCCCCCCCCCCCCCCCC[N+](C)(C)CC(O)COCC(C)(C)C(O)C(=O)NCCCO.Cl. The molecule has 0 saturated carbocycles. The van der Waals surface area contributed by atoms with Crippen LogP contribution in [-0.2, 0) is 9.53 Å². The third-order valence-electron chi connectivity index (χ3n) is 7.73. The van der Waals surface area contributed by atoms with E-state index in [2.05, 4.69) is 26.3 Å². The molecule has 8 heteroatoms. The van der Waals surface area contributed by atoms with Gasteiger partial charge >= 0.3 is 0 Å². The van der Waals surface area contributed by atoms with E-state index in [0.29, 0.717) is 19.5 Å². The second-order valence-electron chi connectivity index (χ2n) is 13.1. The van der Waals surface area contributed by atoms with Gasteiger partial charge in [-0.2, -0.15) is 0 Å². The summed E-state index contributed by atoms with van der Waals surface area (Å²) in [7, 11) is 4.30. The van der Waals surface area contributed by atoms with Gasteiger partial charge in [0.15, 0.2) is 0 Å². The van der Waals surface area contributed by atoms with Crippen LogP contribution < -0.4 is 5.32 Å². The summed E-state index contributed by atoms with van der Waals surface area (Å²) in [5.41, 5.74) is -0.777. The molecule has 0 rings (SSSR count). The number of amides is 1. The molecule has 0 aromatic carbocycles. The van der Waals surface area contributed by atoms with Crippen molar-refractivity contribution in [2.75, 3.05) is 53.6 Å². The van der Waals surface area contributed by atoms with Gasteiger partial charge in [-0.3, -0.25) is 4.79 Å². The number of unbranched alkanes of at least 4 members (excludes halogenated alkanes) is 15. The second-order valence-corrected chi connectivity index (χ2v) is 13.1. The molecule has 0 fully saturated rings. The smallest absolute Gasteiger partial charge is 0.249 e. The lowest BCUT2D eigenvalue weighted by Crippen LogP contribution is -2.48. The van der Waals surface area contributed by atoms with Gasteiger partial charge in [-0.05, 0) is 19.3 Å². The normalized spacial score (nSPS) is 13.6. The van der Waals surface area contributed by atoms with E-state index in [1.54, 1.807) is 13.8 Å². The zero-order chi connectivity index (χ0) is 29.4. The largest absolute Gasteiger partial charge is 0.396 e. The van der Waals surface area contributed by atoms with Gasteiger partial charge in [0.25, 0.3) is 0 Å². The van der Waals surface area contributed by atoms with Crippen molar-refractivity contribution in [3.8, 4) is 0 Å². The first kappa shape index (κ1) is 41.7. The molecule has 0 aliphatic rings. The van der Waals surface area contributed by atoms with Crippen LogP contribution in [0.3, 0.4) is 0 Å². The number of carbonyl (C=O) groups is 1. The molecular weight excluding hydrogens is 528 g/mol. The van der Waals surface area contributed by atoms with E-state index in [9.17, 15) is 15.0 Å². The van der Waals surface area contributed by atoms with Crippen molar-refractivity contribution < 1.29 is 29.3 Å². The lowest BCUT2D eigenvalue weighted by Gasteiger charge is -2.33. The van der Waals surface area contributed by atoms with Crippen LogP contribution in [0.4, 0.5) is 0 Å². The highest BCUT2D eigenvalue weighted by Crippen LogP contribution is 2.22. The van der Waals surface area contributed by atoms with E-state index in [1.807, 2.05) is 0 Å². The summed E-state index contributed by atoms with van der Waals surface area (Å²) in [6, 6.07) is 0. The Morgan fingerprint density at radius 3 is 1.70 bits per heavy atom. The zero-order valence-corrected chi connectivity index (χ0v) is 27.7. The van der Waals surface area contributed by atoms with Gasteiger partial charge in [0.2, 0.25) is 5.91 Å². The summed E-state index contributed by atoms with van der Waals surface area (Å²) < 4.78 is 6.45. The van der Waals surface area contributed by atoms with Gasteiger partial charge in [0.05, 0.1) is 33.9 Å². The predicted molar refractivity (Wildman–Crippen MR) is 170 cm³/mol. The summed E-state index contributed by atoms with van der Waals surface area (Å²) >= 11 is 0. The van der Waals surface area contributed by atoms with Gasteiger partial charge in [-0.15, -0.1) is 12.4 Å². The molecule has 2 atom stereocenters. The van der Waals surface area contributed by atoms with Crippen LogP contribution in [-0.4, -0.2) is 91.5 Å². The van der Waals surface area contributed by atoms with Crippen molar-refractivity contribution in [1.82, 2.24) is 5.32 Å². The number of carbonyl (C=O) groups excluding carboxylic acids is 1. The third-order valence-corrected chi connectivity index (χ3v) is 7.73. The highest BCUT2D eigenvalue weighted by Gasteiger charge is 2.34. The van der Waals surface area contributed by atoms with E-state index >= 15 is 0 Å². The van der Waals surface area contributed by atoms with Gasteiger partial charge in [-0.1, -0.05) is 111 Å². The number of nitrogens with zero attached hydrogens (tertiary/aromatic N) is 1. The molecule has 1 amide bonds. The molecule has 40 heavy (non-hydrogen) atoms. The Labute approximate surface area is 253 Å². The number of aliphatic hydroxyl groups excluding tert-OH is 3. The minimum Gasteiger partial charge on any atom is -0.396 e. The third kappa shape index (κ3) is 24.2. The quantitative estimate of drug-likeness (QED) is 0.0656. The lowest BCUT2D eigenvalue weighted by molar-refractivity contribution is -0.893. The lowest BCUT2D eigenvalue weighted by atomic mass is 9.87. The molecule has 0 aromatic rings. The molecular formula is C32H68ClN2O5+. The van der Waals surface area contributed by atoms with Gasteiger partial charge < -0.3 is 29.9 Å². The van der Waals surface area contributed by atoms with Crippen molar-refractivity contribution in [2.45, 2.75) is 142 Å². The fourth-order valence-electron chi connectivity index (χ4n) is 5.08. The second kappa shape index (κ2) is 26.2. The van der Waals surface area contributed by atoms with Crippen molar-refractivity contribution in [3.63, 3.8) is 0 Å². The number of rotatable bonds is 28. The van der Waals surface area contributed by atoms with Crippen LogP contribution >= 0.6 is 12.4 Å². The van der Waals surface area contributed by atoms with E-state index in [1.165, 1.54) is 103 Å². The number of nitrogens with one attached hydrogen (secondary N) is 1. The number of hydrogen-bond acceptors (Lipinski definition) is 5. The summed E-state index contributed by atoms with van der Waals surface area (Å²) in [6.45, 7) is 8.15. The number of aliphatic hydroxyl groups is 3. The number of ether oxygens (including phenoxy) is 1. The van der Waals surface area contributed by atoms with Crippen LogP contribution in [0.5, 0.6) is 0 Å². The van der Waals surface area contributed by atoms with Crippen LogP contribution in [0.25, 0.3) is 0 Å². The first-order chi connectivity index (χ1) is 18.6. The molecule has 0 spiro atoms. The van der Waals surface area contributed by atoms with Crippen LogP contribution in [0.2, 0.25) is 0 Å². The summed E-state index contributed by atoms with van der Waals surface area (Å²) in [4.78, 5) is 12.1. The summed E-state index contributed by atoms with van der Waals surface area (Å²) in [6.07, 6.45) is 20.5. The Morgan fingerprint density at radius 1 is 0.800 bits per heavy atom. The fraction of sp³-hybridized carbons (Fsp3) is 0.969. The molecule has 2 unspecified atom stereocenters. The topological polar surface area (TPSA) is 99.0 Å². The summed E-state index contributed by atoms with van der Waals surface area (Å²) in [5.74, 6) is -0.464. The van der Waals surface area contributed by atoms with Crippen LogP contribution in [0.15, 0.2) is 0 Å². The zero-order valence-electron chi connectivity index (χ0n) is 26.9. The molecule has 0 aliphatic heterocycles. The molecule has 0 heterocycles. The fourth-order valence-corrected chi connectivity index (χ4v) is 5.08. The van der Waals surface area contributed by atoms with E-state index in [0.717, 1.165) is 11.0 Å². The van der Waals surface area contributed by atoms with Crippen molar-refractivity contribution in [3.05, 3.63) is 0 Å². The average Bonchev–Trinajstić information content (AvgIpc) is 2.87. The maximum atomic E-state index is 12.1. The van der Waals surface area contributed by atoms with E-state index in [-0.39, 0.29) is 32.2 Å². The standard InChI is InChI=1S/C32H66N2O5.ClH/c1-6-7-8-9-10-11-12-13-14-15-16-17-18-19-20-21-24-34(4,5)26-29(36)27-39-28-32(2,3)30(37)31(38)33-23-22-25-35;/h29-30,35-37H,6-28H2,1-5H3;1H/p+1. The number of hydrogen-bond donors (Lipinski definition) is 4. The number of halogens is 1. The highest BCUT2D eigenvalue weighted by molar-refractivity contribution is 5.85. The Morgan fingerprint density at radius 2 is 1.25 bits per heavy atom. The summed E-state index contributed by atoms with van der Waals surface area (Å²) in [5, 5.41) is 32.3. The molecule has 0 saturated heterocycles. The minimum absolute atomic E-state index is 0. The molecule has 0 aliphatic carbocycles. The first-order valence-electron chi connectivity index (χ1n) is 16.2. The Balaban J connectivity index is 0. The monoisotopic (exact) mass is 595 g/mol. The Kier molecular flexibility index (Phi) is 27.3. The minimum atomic E-state index is -1.21. The molecule has 0 bridgehead atoms. The Hall–Kier alpha value is -0.440. The molecule has 0 aromatic heterocycles. The van der Waals surface area contributed by atoms with Gasteiger partial charge in [0.1, 0.15) is 18.8 Å².